The molecule has 0 aliphatic heterocycles. The quantitative estimate of drug-likeness (QED) is 0.744. The molecule has 3 rings (SSSR count). The highest BCUT2D eigenvalue weighted by atomic mass is 32.1. The molecular weight excluding hydrogens is 314 g/mol. The van der Waals surface area contributed by atoms with Gasteiger partial charge in [0.25, 0.3) is 5.56 Å². The van der Waals surface area contributed by atoms with Crippen molar-refractivity contribution in [2.45, 2.75) is 33.4 Å². The van der Waals surface area contributed by atoms with Gasteiger partial charge in [-0.3, -0.25) is 9.69 Å². The summed E-state index contributed by atoms with van der Waals surface area (Å²) in [6.45, 7) is 5.26. The molecule has 8 heteroatoms. The standard InChI is InChI=1S/C15H19N5O2S/c1-9(2)6-13-17-12(19-22-13)8-20(3)7-11-16-10-4-5-23-14(10)15(21)18-11/h4-5,9H,6-8H2,1-3H3,(H,16,18,21). The first-order valence-electron chi connectivity index (χ1n) is 7.47. The minimum atomic E-state index is -0.0906. The number of aromatic nitrogens is 4. The van der Waals surface area contributed by atoms with Gasteiger partial charge >= 0.3 is 0 Å². The Bertz CT molecular complexity index is 851. The van der Waals surface area contributed by atoms with Gasteiger partial charge in [0.1, 0.15) is 10.5 Å². The topological polar surface area (TPSA) is 87.9 Å². The van der Waals surface area contributed by atoms with E-state index >= 15 is 0 Å². The van der Waals surface area contributed by atoms with E-state index in [1.807, 2.05) is 23.4 Å². The molecular formula is C15H19N5O2S. The molecule has 0 aliphatic carbocycles. The molecule has 0 amide bonds. The van der Waals surface area contributed by atoms with Crippen molar-refractivity contribution in [2.75, 3.05) is 7.05 Å². The Morgan fingerprint density at radius 3 is 2.96 bits per heavy atom. The normalized spacial score (nSPS) is 11.9. The fourth-order valence-electron chi connectivity index (χ4n) is 2.34. The van der Waals surface area contributed by atoms with E-state index in [1.165, 1.54) is 11.3 Å². The summed E-state index contributed by atoms with van der Waals surface area (Å²) in [4.78, 5) is 25.6. The molecule has 0 saturated heterocycles. The van der Waals surface area contributed by atoms with Crippen molar-refractivity contribution in [1.82, 2.24) is 25.0 Å². The molecule has 0 bridgehead atoms. The predicted octanol–water partition coefficient (Wildman–Crippen LogP) is 2.20. The lowest BCUT2D eigenvalue weighted by Crippen LogP contribution is -2.22. The monoisotopic (exact) mass is 333 g/mol. The lowest BCUT2D eigenvalue weighted by atomic mass is 10.1. The molecule has 0 aromatic carbocycles. The molecule has 0 saturated carbocycles. The number of aromatic amines is 1. The number of thiophene rings is 1. The molecule has 0 fully saturated rings. The number of H-pyrrole nitrogens is 1. The maximum atomic E-state index is 12.0. The minimum absolute atomic E-state index is 0.0906. The fraction of sp³-hybridized carbons (Fsp3) is 0.467. The number of fused-ring (bicyclic) bond motifs is 1. The molecule has 0 aliphatic rings. The number of rotatable bonds is 6. The maximum Gasteiger partial charge on any atom is 0.268 e. The Hall–Kier alpha value is -2.06. The molecule has 3 aromatic heterocycles. The second-order valence-corrected chi connectivity index (χ2v) is 6.94. The zero-order valence-corrected chi connectivity index (χ0v) is 14.2. The van der Waals surface area contributed by atoms with E-state index in [0.717, 1.165) is 11.9 Å². The molecule has 0 radical (unpaired) electrons. The summed E-state index contributed by atoms with van der Waals surface area (Å²) in [5, 5.41) is 5.86. The summed E-state index contributed by atoms with van der Waals surface area (Å²) in [5.41, 5.74) is 0.646. The van der Waals surface area contributed by atoms with Crippen LogP contribution in [-0.4, -0.2) is 32.1 Å². The van der Waals surface area contributed by atoms with Crippen LogP contribution in [0.3, 0.4) is 0 Å². The summed E-state index contributed by atoms with van der Waals surface area (Å²) < 4.78 is 5.89. The molecule has 1 N–H and O–H groups in total. The van der Waals surface area contributed by atoms with E-state index < -0.39 is 0 Å². The minimum Gasteiger partial charge on any atom is -0.339 e. The van der Waals surface area contributed by atoms with E-state index in [2.05, 4.69) is 34.0 Å². The molecule has 0 spiro atoms. The zero-order valence-electron chi connectivity index (χ0n) is 13.4. The summed E-state index contributed by atoms with van der Waals surface area (Å²) >= 11 is 1.40. The molecule has 0 atom stereocenters. The van der Waals surface area contributed by atoms with Crippen molar-refractivity contribution >= 4 is 21.6 Å². The summed E-state index contributed by atoms with van der Waals surface area (Å²) in [6.07, 6.45) is 0.778. The Morgan fingerprint density at radius 1 is 1.35 bits per heavy atom. The fourth-order valence-corrected chi connectivity index (χ4v) is 3.06. The van der Waals surface area contributed by atoms with E-state index in [-0.39, 0.29) is 5.56 Å². The summed E-state index contributed by atoms with van der Waals surface area (Å²) in [5.74, 6) is 2.42. The number of hydrogen-bond donors (Lipinski definition) is 1. The van der Waals surface area contributed by atoms with Gasteiger partial charge < -0.3 is 9.51 Å². The van der Waals surface area contributed by atoms with Crippen molar-refractivity contribution in [3.8, 4) is 0 Å². The van der Waals surface area contributed by atoms with Crippen LogP contribution in [0.5, 0.6) is 0 Å². The van der Waals surface area contributed by atoms with Gasteiger partial charge in [0.2, 0.25) is 5.89 Å². The lowest BCUT2D eigenvalue weighted by Gasteiger charge is -2.13. The molecule has 0 unspecified atom stereocenters. The molecule has 7 nitrogen and oxygen atoms in total. The van der Waals surface area contributed by atoms with Gasteiger partial charge in [-0.25, -0.2) is 4.98 Å². The van der Waals surface area contributed by atoms with Gasteiger partial charge in [0, 0.05) is 6.42 Å². The zero-order chi connectivity index (χ0) is 16.4. The Balaban J connectivity index is 1.67. The van der Waals surface area contributed by atoms with Crippen LogP contribution in [-0.2, 0) is 19.5 Å². The third kappa shape index (κ3) is 3.83. The largest absolute Gasteiger partial charge is 0.339 e. The summed E-state index contributed by atoms with van der Waals surface area (Å²) in [6, 6.07) is 1.86. The second kappa shape index (κ2) is 6.59. The molecule has 23 heavy (non-hydrogen) atoms. The van der Waals surface area contributed by atoms with E-state index in [0.29, 0.717) is 41.2 Å². The van der Waals surface area contributed by atoms with Gasteiger partial charge in [0.15, 0.2) is 5.82 Å². The highest BCUT2D eigenvalue weighted by Crippen LogP contribution is 2.14. The van der Waals surface area contributed by atoms with Gasteiger partial charge in [-0.1, -0.05) is 19.0 Å². The molecule has 122 valence electrons. The average molecular weight is 333 g/mol. The molecule has 3 aromatic rings. The van der Waals surface area contributed by atoms with E-state index in [1.54, 1.807) is 0 Å². The van der Waals surface area contributed by atoms with Crippen LogP contribution in [0.25, 0.3) is 10.2 Å². The van der Waals surface area contributed by atoms with Gasteiger partial charge in [-0.05, 0) is 24.4 Å². The van der Waals surface area contributed by atoms with Crippen LogP contribution in [0.15, 0.2) is 20.8 Å². The lowest BCUT2D eigenvalue weighted by molar-refractivity contribution is 0.292. The van der Waals surface area contributed by atoms with Gasteiger partial charge in [-0.15, -0.1) is 11.3 Å². The van der Waals surface area contributed by atoms with Crippen LogP contribution >= 0.6 is 11.3 Å². The van der Waals surface area contributed by atoms with Crippen LogP contribution in [0.2, 0.25) is 0 Å². The first-order valence-corrected chi connectivity index (χ1v) is 8.35. The van der Waals surface area contributed by atoms with Crippen molar-refractivity contribution in [2.24, 2.45) is 5.92 Å². The Morgan fingerprint density at radius 2 is 2.17 bits per heavy atom. The summed E-state index contributed by atoms with van der Waals surface area (Å²) in [7, 11) is 1.93. The highest BCUT2D eigenvalue weighted by molar-refractivity contribution is 7.17. The van der Waals surface area contributed by atoms with E-state index in [4.69, 9.17) is 4.52 Å². The van der Waals surface area contributed by atoms with Crippen LogP contribution in [0.1, 0.15) is 31.4 Å². The maximum absolute atomic E-state index is 12.0. The first-order chi connectivity index (χ1) is 11.0. The van der Waals surface area contributed by atoms with Crippen molar-refractivity contribution in [1.29, 1.82) is 0 Å². The van der Waals surface area contributed by atoms with Gasteiger partial charge in [0.05, 0.1) is 18.6 Å². The third-order valence-electron chi connectivity index (χ3n) is 3.29. The number of hydrogen-bond acceptors (Lipinski definition) is 7. The van der Waals surface area contributed by atoms with Crippen molar-refractivity contribution in [3.63, 3.8) is 0 Å². The third-order valence-corrected chi connectivity index (χ3v) is 4.19. The SMILES string of the molecule is CC(C)Cc1nc(CN(C)Cc2nc3ccsc3c(=O)[nH]2)no1. The van der Waals surface area contributed by atoms with E-state index in [9.17, 15) is 4.79 Å². The van der Waals surface area contributed by atoms with Crippen LogP contribution in [0, 0.1) is 5.92 Å². The highest BCUT2D eigenvalue weighted by Gasteiger charge is 2.12. The smallest absolute Gasteiger partial charge is 0.268 e. The predicted molar refractivity (Wildman–Crippen MR) is 88.3 cm³/mol. The average Bonchev–Trinajstić information content (AvgIpc) is 3.07. The molecule has 3 heterocycles. The Kier molecular flexibility index (Phi) is 4.53. The number of nitrogens with zero attached hydrogens (tertiary/aromatic N) is 4. The van der Waals surface area contributed by atoms with Gasteiger partial charge in [-0.2, -0.15) is 4.98 Å². The van der Waals surface area contributed by atoms with Crippen LogP contribution in [0.4, 0.5) is 0 Å². The van der Waals surface area contributed by atoms with Crippen molar-refractivity contribution < 1.29 is 4.52 Å². The van der Waals surface area contributed by atoms with Crippen LogP contribution < -0.4 is 5.56 Å². The first kappa shape index (κ1) is 15.8. The number of nitrogens with one attached hydrogen (secondary N) is 1. The second-order valence-electron chi connectivity index (χ2n) is 6.02. The van der Waals surface area contributed by atoms with Crippen molar-refractivity contribution in [3.05, 3.63) is 39.3 Å². The Labute approximate surface area is 137 Å².